The number of anilines is 3. The highest BCUT2D eigenvalue weighted by atomic mass is 35.5. The lowest BCUT2D eigenvalue weighted by Gasteiger charge is -2.47. The van der Waals surface area contributed by atoms with E-state index in [2.05, 4.69) is 25.2 Å². The van der Waals surface area contributed by atoms with Crippen molar-refractivity contribution in [3.05, 3.63) is 59.4 Å². The highest BCUT2D eigenvalue weighted by Gasteiger charge is 2.32. The van der Waals surface area contributed by atoms with Gasteiger partial charge in [-0.05, 0) is 30.3 Å². The number of aromatic nitrogens is 3. The second-order valence-corrected chi connectivity index (χ2v) is 8.08. The summed E-state index contributed by atoms with van der Waals surface area (Å²) in [5.74, 6) is -1.52. The van der Waals surface area contributed by atoms with Crippen LogP contribution in [0.25, 0.3) is 5.69 Å². The van der Waals surface area contributed by atoms with Crippen LogP contribution in [0, 0.1) is 11.6 Å². The van der Waals surface area contributed by atoms with Gasteiger partial charge >= 0.3 is 0 Å². The summed E-state index contributed by atoms with van der Waals surface area (Å²) in [6, 6.07) is 9.83. The van der Waals surface area contributed by atoms with E-state index in [1.807, 2.05) is 12.1 Å². The minimum atomic E-state index is -0.938. The van der Waals surface area contributed by atoms with E-state index >= 15 is 0 Å². The minimum absolute atomic E-state index is 0. The van der Waals surface area contributed by atoms with Gasteiger partial charge in [0.25, 0.3) is 0 Å². The molecule has 0 radical (unpaired) electrons. The van der Waals surface area contributed by atoms with Crippen molar-refractivity contribution in [1.82, 2.24) is 19.7 Å². The normalized spacial score (nSPS) is 17.6. The summed E-state index contributed by atoms with van der Waals surface area (Å²) >= 11 is 6.34. The van der Waals surface area contributed by atoms with Crippen LogP contribution < -0.4 is 10.2 Å². The maximum Gasteiger partial charge on any atom is 0.246 e. The number of hydrogen-bond acceptors (Lipinski definition) is 6. The van der Waals surface area contributed by atoms with Crippen molar-refractivity contribution < 1.29 is 14.9 Å². The van der Waals surface area contributed by atoms with E-state index < -0.39 is 11.6 Å². The summed E-state index contributed by atoms with van der Waals surface area (Å²) in [5, 5.41) is 8.02. The molecule has 1 aromatic heterocycles. The van der Waals surface area contributed by atoms with Crippen LogP contribution >= 0.6 is 11.6 Å². The third kappa shape index (κ3) is 4.34. The van der Waals surface area contributed by atoms with Crippen LogP contribution in [0.4, 0.5) is 26.1 Å². The molecule has 5 rings (SSSR count). The van der Waals surface area contributed by atoms with E-state index in [1.54, 1.807) is 6.07 Å². The molecule has 2 saturated heterocycles. The molecule has 1 N–H and O–H groups in total. The van der Waals surface area contributed by atoms with E-state index in [4.69, 9.17) is 16.3 Å². The third-order valence-corrected chi connectivity index (χ3v) is 5.81. The van der Waals surface area contributed by atoms with Crippen molar-refractivity contribution in [3.8, 4) is 5.69 Å². The molecule has 0 bridgehead atoms. The Morgan fingerprint density at radius 1 is 1.03 bits per heavy atom. The van der Waals surface area contributed by atoms with E-state index in [9.17, 15) is 8.78 Å². The van der Waals surface area contributed by atoms with E-state index in [1.165, 1.54) is 17.1 Å². The summed E-state index contributed by atoms with van der Waals surface area (Å²) < 4.78 is 33.4. The van der Waals surface area contributed by atoms with Gasteiger partial charge in [-0.1, -0.05) is 11.6 Å². The number of halogens is 3. The first kappa shape index (κ1) is 20.2. The zero-order chi connectivity index (χ0) is 21.4. The van der Waals surface area contributed by atoms with Gasteiger partial charge in [0.1, 0.15) is 6.33 Å². The Labute approximate surface area is 184 Å². The summed E-state index contributed by atoms with van der Waals surface area (Å²) in [6.45, 7) is 5.45. The number of nitrogens with zero attached hydrogens (tertiary/aromatic N) is 5. The molecule has 2 aliphatic rings. The van der Waals surface area contributed by atoms with Gasteiger partial charge in [-0.15, -0.1) is 5.10 Å². The average Bonchev–Trinajstić information content (AvgIpc) is 3.18. The van der Waals surface area contributed by atoms with Crippen LogP contribution in [0.1, 0.15) is 1.43 Å². The van der Waals surface area contributed by atoms with Crippen molar-refractivity contribution in [3.63, 3.8) is 0 Å². The summed E-state index contributed by atoms with van der Waals surface area (Å²) in [7, 11) is 0. The maximum atomic E-state index is 13.5. The Balaban J connectivity index is 0.00000245. The van der Waals surface area contributed by atoms with Gasteiger partial charge < -0.3 is 15.0 Å². The highest BCUT2D eigenvalue weighted by molar-refractivity contribution is 6.31. The lowest BCUT2D eigenvalue weighted by molar-refractivity contribution is 0.0105. The van der Waals surface area contributed by atoms with Crippen molar-refractivity contribution in [2.24, 2.45) is 0 Å². The summed E-state index contributed by atoms with van der Waals surface area (Å²) in [5.41, 5.74) is 2.15. The first-order chi connectivity index (χ1) is 15.0. The Morgan fingerprint density at radius 2 is 1.84 bits per heavy atom. The topological polar surface area (TPSA) is 58.5 Å². The van der Waals surface area contributed by atoms with Gasteiger partial charge in [-0.25, -0.2) is 13.5 Å². The monoisotopic (exact) mass is 448 g/mol. The van der Waals surface area contributed by atoms with Gasteiger partial charge in [0.05, 0.1) is 18.9 Å². The molecule has 0 saturated carbocycles. The molecule has 0 atom stereocenters. The number of hydrogen-bond donors (Lipinski definition) is 1. The van der Waals surface area contributed by atoms with Crippen LogP contribution in [0.2, 0.25) is 5.02 Å². The van der Waals surface area contributed by atoms with Crippen molar-refractivity contribution in [2.45, 2.75) is 6.04 Å². The Kier molecular flexibility index (Phi) is 5.47. The molecular weight excluding hydrogens is 426 g/mol. The number of rotatable bonds is 5. The SMILES string of the molecule is Fc1ccc(-n2cnc(Nc3cc(Cl)cc(N4CC(N5CCOCC5)C4)c3)n2)cc1F.[HH]. The largest absolute Gasteiger partial charge is 0.379 e. The molecule has 0 unspecified atom stereocenters. The van der Waals surface area contributed by atoms with Crippen molar-refractivity contribution in [2.75, 3.05) is 49.6 Å². The number of morpholine rings is 1. The zero-order valence-electron chi connectivity index (χ0n) is 16.6. The molecular formula is C21H23ClF2N6O. The van der Waals surface area contributed by atoms with E-state index in [0.717, 1.165) is 62.9 Å². The number of nitrogens with one attached hydrogen (secondary N) is 1. The second kappa shape index (κ2) is 8.41. The van der Waals surface area contributed by atoms with Gasteiger partial charge in [0.15, 0.2) is 11.6 Å². The molecule has 2 fully saturated rings. The number of ether oxygens (including phenoxy) is 1. The molecule has 10 heteroatoms. The average molecular weight is 449 g/mol. The van der Waals surface area contributed by atoms with Crippen LogP contribution in [0.15, 0.2) is 42.7 Å². The van der Waals surface area contributed by atoms with Gasteiger partial charge in [0.2, 0.25) is 5.95 Å². The Morgan fingerprint density at radius 3 is 2.61 bits per heavy atom. The lowest BCUT2D eigenvalue weighted by atomic mass is 10.0. The summed E-state index contributed by atoms with van der Waals surface area (Å²) in [6.07, 6.45) is 1.43. The lowest BCUT2D eigenvalue weighted by Crippen LogP contribution is -2.61. The quantitative estimate of drug-likeness (QED) is 0.642. The van der Waals surface area contributed by atoms with Crippen LogP contribution in [0.5, 0.6) is 0 Å². The van der Waals surface area contributed by atoms with Crippen LogP contribution in [0.3, 0.4) is 0 Å². The van der Waals surface area contributed by atoms with Crippen molar-refractivity contribution >= 4 is 28.9 Å². The highest BCUT2D eigenvalue weighted by Crippen LogP contribution is 2.31. The molecule has 0 aliphatic carbocycles. The molecule has 3 heterocycles. The van der Waals surface area contributed by atoms with Crippen LogP contribution in [-0.4, -0.2) is 65.1 Å². The second-order valence-electron chi connectivity index (χ2n) is 7.64. The fraction of sp³-hybridized carbons (Fsp3) is 0.333. The van der Waals surface area contributed by atoms with E-state index in [-0.39, 0.29) is 1.43 Å². The van der Waals surface area contributed by atoms with Crippen LogP contribution in [-0.2, 0) is 4.74 Å². The predicted molar refractivity (Wildman–Crippen MR) is 117 cm³/mol. The Hall–Kier alpha value is -2.75. The van der Waals surface area contributed by atoms with E-state index in [0.29, 0.717) is 22.7 Å². The predicted octanol–water partition coefficient (Wildman–Crippen LogP) is 3.71. The molecule has 31 heavy (non-hydrogen) atoms. The van der Waals surface area contributed by atoms with Gasteiger partial charge in [-0.3, -0.25) is 4.90 Å². The minimum Gasteiger partial charge on any atom is -0.379 e. The fourth-order valence-corrected chi connectivity index (χ4v) is 4.10. The molecule has 0 amide bonds. The molecule has 3 aromatic rings. The molecule has 2 aliphatic heterocycles. The van der Waals surface area contributed by atoms with Gasteiger partial charge in [-0.2, -0.15) is 4.98 Å². The summed E-state index contributed by atoms with van der Waals surface area (Å²) in [4.78, 5) is 8.95. The maximum absolute atomic E-state index is 13.5. The van der Waals surface area contributed by atoms with Crippen molar-refractivity contribution in [1.29, 1.82) is 0 Å². The molecule has 7 nitrogen and oxygen atoms in total. The Bertz CT molecular complexity index is 1090. The third-order valence-electron chi connectivity index (χ3n) is 5.59. The fourth-order valence-electron chi connectivity index (χ4n) is 3.87. The molecule has 0 spiro atoms. The van der Waals surface area contributed by atoms with Gasteiger partial charge in [0, 0.05) is 56.1 Å². The number of benzene rings is 2. The first-order valence-electron chi connectivity index (χ1n) is 10.1. The molecule has 2 aromatic carbocycles. The standard InChI is InChI=1S/C21H21ClF2N6O.H2/c22-14-7-15(9-17(8-14)29-11-18(12-29)28-3-5-31-6-4-28)26-21-25-13-30(27-21)16-1-2-19(23)20(24)10-16;/h1-2,7-10,13,18H,3-6,11-12H2,(H,26,27);1H. The zero-order valence-corrected chi connectivity index (χ0v) is 17.4. The smallest absolute Gasteiger partial charge is 0.246 e. The first-order valence-corrected chi connectivity index (χ1v) is 10.4. The molecule has 164 valence electrons.